The Bertz CT molecular complexity index is 743. The molecule has 0 aromatic carbocycles. The molecule has 2 fully saturated rings. The first-order valence-electron chi connectivity index (χ1n) is 8.68. The molecule has 4 rings (SSSR count). The molecule has 8 nitrogen and oxygen atoms in total. The number of ether oxygens (including phenoxy) is 1. The lowest BCUT2D eigenvalue weighted by Gasteiger charge is -2.16. The monoisotopic (exact) mass is 342 g/mol. The summed E-state index contributed by atoms with van der Waals surface area (Å²) in [6, 6.07) is 5.63. The molecule has 0 aliphatic heterocycles. The van der Waals surface area contributed by atoms with Crippen LogP contribution in [0.25, 0.3) is 0 Å². The van der Waals surface area contributed by atoms with Crippen molar-refractivity contribution in [3.05, 3.63) is 30.1 Å². The summed E-state index contributed by atoms with van der Waals surface area (Å²) in [4.78, 5) is 11.9. The topological polar surface area (TPSA) is 105 Å². The van der Waals surface area contributed by atoms with Crippen LogP contribution in [-0.2, 0) is 4.74 Å². The summed E-state index contributed by atoms with van der Waals surface area (Å²) < 4.78 is 5.56. The van der Waals surface area contributed by atoms with Gasteiger partial charge in [-0.25, -0.2) is 4.79 Å². The summed E-state index contributed by atoms with van der Waals surface area (Å²) in [7, 11) is 0. The quantitative estimate of drug-likeness (QED) is 0.772. The lowest BCUT2D eigenvalue weighted by molar-refractivity contribution is 0.0967. The minimum Gasteiger partial charge on any atom is -0.446 e. The number of carbonyl (C=O) groups is 1. The van der Waals surface area contributed by atoms with Gasteiger partial charge in [-0.1, -0.05) is 0 Å². The van der Waals surface area contributed by atoms with Gasteiger partial charge in [0.25, 0.3) is 0 Å². The first kappa shape index (κ1) is 15.9. The molecule has 0 saturated heterocycles. The average molecular weight is 342 g/mol. The number of aromatic amines is 1. The van der Waals surface area contributed by atoms with Gasteiger partial charge in [-0.2, -0.15) is 10.2 Å². The Hall–Kier alpha value is -2.64. The molecule has 132 valence electrons. The van der Waals surface area contributed by atoms with Gasteiger partial charge in [0, 0.05) is 29.4 Å². The first-order chi connectivity index (χ1) is 12.1. The van der Waals surface area contributed by atoms with Crippen LogP contribution in [0, 0.1) is 0 Å². The van der Waals surface area contributed by atoms with E-state index in [1.54, 1.807) is 6.20 Å². The molecule has 2 aliphatic carbocycles. The minimum atomic E-state index is -0.291. The van der Waals surface area contributed by atoms with E-state index in [1.807, 2.05) is 25.1 Å². The number of anilines is 2. The van der Waals surface area contributed by atoms with Gasteiger partial charge >= 0.3 is 6.09 Å². The second-order valence-corrected chi connectivity index (χ2v) is 7.17. The maximum absolute atomic E-state index is 11.9. The first-order valence-corrected chi connectivity index (χ1v) is 8.68. The van der Waals surface area contributed by atoms with E-state index in [4.69, 9.17) is 4.74 Å². The van der Waals surface area contributed by atoms with Crippen LogP contribution in [0.15, 0.2) is 24.4 Å². The lowest BCUT2D eigenvalue weighted by atomic mass is 10.0. The predicted molar refractivity (Wildman–Crippen MR) is 91.5 cm³/mol. The van der Waals surface area contributed by atoms with Gasteiger partial charge in [0.2, 0.25) is 0 Å². The van der Waals surface area contributed by atoms with Crippen molar-refractivity contribution < 1.29 is 9.53 Å². The molecule has 2 saturated carbocycles. The highest BCUT2D eigenvalue weighted by Gasteiger charge is 2.40. The van der Waals surface area contributed by atoms with Crippen LogP contribution in [0.4, 0.5) is 16.4 Å². The second-order valence-electron chi connectivity index (χ2n) is 7.17. The molecule has 0 radical (unpaired) electrons. The van der Waals surface area contributed by atoms with Gasteiger partial charge in [0.05, 0.1) is 0 Å². The summed E-state index contributed by atoms with van der Waals surface area (Å²) >= 11 is 0. The van der Waals surface area contributed by atoms with Crippen LogP contribution in [0.5, 0.6) is 0 Å². The van der Waals surface area contributed by atoms with Crippen LogP contribution in [0.3, 0.4) is 0 Å². The number of amides is 1. The normalized spacial score (nSPS) is 23.9. The molecular formula is C17H22N6O2. The SMILES string of the molecule is CC1(NC(=O)O[C@@H]2CCC(c3cc(Nc4cccnn4)n[nH]3)C2)CC1. The Kier molecular flexibility index (Phi) is 4.03. The third-order valence-corrected chi connectivity index (χ3v) is 4.93. The molecule has 0 bridgehead atoms. The minimum absolute atomic E-state index is 0.0351. The maximum atomic E-state index is 11.9. The molecule has 3 N–H and O–H groups in total. The van der Waals surface area contributed by atoms with Crippen molar-refractivity contribution in [2.45, 2.75) is 56.6 Å². The summed E-state index contributed by atoms with van der Waals surface area (Å²) in [5, 5.41) is 21.2. The van der Waals surface area contributed by atoms with Gasteiger partial charge < -0.3 is 15.4 Å². The summed E-state index contributed by atoms with van der Waals surface area (Å²) in [6.45, 7) is 2.04. The van der Waals surface area contributed by atoms with Crippen LogP contribution in [-0.4, -0.2) is 38.1 Å². The Morgan fingerprint density at radius 3 is 3.00 bits per heavy atom. The molecule has 1 amide bonds. The summed E-state index contributed by atoms with van der Waals surface area (Å²) in [5.41, 5.74) is 1.01. The lowest BCUT2D eigenvalue weighted by Crippen LogP contribution is -2.36. The highest BCUT2D eigenvalue weighted by molar-refractivity contribution is 5.69. The second kappa shape index (κ2) is 6.34. The molecular weight excluding hydrogens is 320 g/mol. The zero-order valence-electron chi connectivity index (χ0n) is 14.2. The van der Waals surface area contributed by atoms with Crippen molar-refractivity contribution in [1.82, 2.24) is 25.7 Å². The molecule has 0 spiro atoms. The average Bonchev–Trinajstić information content (AvgIpc) is 3.00. The van der Waals surface area contributed by atoms with Gasteiger partial charge in [0.1, 0.15) is 6.10 Å². The standard InChI is InChI=1S/C17H22N6O2/c1-17(6-7-17)20-16(24)25-12-5-4-11(9-12)13-10-15(23-21-13)19-14-3-2-8-18-22-14/h2-3,8,10-12H,4-7,9H2,1H3,(H,20,24)(H2,19,21,22,23)/t11?,12-/m1/s1. The van der Waals surface area contributed by atoms with E-state index in [0.29, 0.717) is 17.6 Å². The third kappa shape index (κ3) is 3.89. The van der Waals surface area contributed by atoms with Gasteiger partial charge in [-0.05, 0) is 51.2 Å². The number of H-pyrrole nitrogens is 1. The van der Waals surface area contributed by atoms with Crippen molar-refractivity contribution in [1.29, 1.82) is 0 Å². The van der Waals surface area contributed by atoms with Gasteiger partial charge in [-0.15, -0.1) is 5.10 Å². The van der Waals surface area contributed by atoms with Crippen LogP contribution in [0.2, 0.25) is 0 Å². The molecule has 2 aromatic heterocycles. The van der Waals surface area contributed by atoms with Crippen molar-refractivity contribution in [3.63, 3.8) is 0 Å². The van der Waals surface area contributed by atoms with Crippen molar-refractivity contribution in [3.8, 4) is 0 Å². The zero-order valence-corrected chi connectivity index (χ0v) is 14.2. The van der Waals surface area contributed by atoms with E-state index in [0.717, 1.165) is 37.8 Å². The maximum Gasteiger partial charge on any atom is 0.407 e. The largest absolute Gasteiger partial charge is 0.446 e. The van der Waals surface area contributed by atoms with E-state index < -0.39 is 0 Å². The Morgan fingerprint density at radius 1 is 1.36 bits per heavy atom. The molecule has 8 heteroatoms. The summed E-state index contributed by atoms with van der Waals surface area (Å²) in [6.07, 6.45) is 6.03. The van der Waals surface area contributed by atoms with Crippen LogP contribution in [0.1, 0.15) is 50.6 Å². The number of nitrogens with one attached hydrogen (secondary N) is 3. The Labute approximate surface area is 145 Å². The number of carbonyl (C=O) groups excluding carboxylic acids is 1. The molecule has 25 heavy (non-hydrogen) atoms. The van der Waals surface area contributed by atoms with E-state index >= 15 is 0 Å². The number of hydrogen-bond acceptors (Lipinski definition) is 6. The molecule has 2 heterocycles. The fourth-order valence-electron chi connectivity index (χ4n) is 3.18. The third-order valence-electron chi connectivity index (χ3n) is 4.93. The molecule has 1 unspecified atom stereocenters. The van der Waals surface area contributed by atoms with Crippen molar-refractivity contribution in [2.24, 2.45) is 0 Å². The van der Waals surface area contributed by atoms with E-state index in [9.17, 15) is 4.79 Å². The molecule has 2 aromatic rings. The van der Waals surface area contributed by atoms with E-state index in [1.165, 1.54) is 0 Å². The Morgan fingerprint density at radius 2 is 2.24 bits per heavy atom. The highest BCUT2D eigenvalue weighted by atomic mass is 16.6. The van der Waals surface area contributed by atoms with Gasteiger partial charge in [0.15, 0.2) is 11.6 Å². The number of hydrogen-bond donors (Lipinski definition) is 3. The van der Waals surface area contributed by atoms with Crippen molar-refractivity contribution in [2.75, 3.05) is 5.32 Å². The number of alkyl carbamates (subject to hydrolysis) is 1. The Balaban J connectivity index is 1.30. The predicted octanol–water partition coefficient (Wildman–Crippen LogP) is 2.86. The van der Waals surface area contributed by atoms with E-state index in [2.05, 4.69) is 31.0 Å². The molecule has 2 aliphatic rings. The number of rotatable bonds is 5. The fraction of sp³-hybridized carbons (Fsp3) is 0.529. The highest BCUT2D eigenvalue weighted by Crippen LogP contribution is 2.37. The smallest absolute Gasteiger partial charge is 0.407 e. The van der Waals surface area contributed by atoms with Crippen LogP contribution >= 0.6 is 0 Å². The number of nitrogens with zero attached hydrogens (tertiary/aromatic N) is 3. The fourth-order valence-corrected chi connectivity index (χ4v) is 3.18. The van der Waals surface area contributed by atoms with Gasteiger partial charge in [-0.3, -0.25) is 5.10 Å². The zero-order chi connectivity index (χ0) is 17.3. The van der Waals surface area contributed by atoms with E-state index in [-0.39, 0.29) is 17.7 Å². The van der Waals surface area contributed by atoms with Crippen molar-refractivity contribution >= 4 is 17.7 Å². The van der Waals surface area contributed by atoms with Crippen LogP contribution < -0.4 is 10.6 Å². The number of aromatic nitrogens is 4. The molecule has 2 atom stereocenters. The summed E-state index contributed by atoms with van der Waals surface area (Å²) in [5.74, 6) is 1.68.